The number of imidazole rings is 1. The Labute approximate surface area is 182 Å². The van der Waals surface area contributed by atoms with Crippen LogP contribution in [-0.2, 0) is 20.1 Å². The van der Waals surface area contributed by atoms with Gasteiger partial charge in [-0.2, -0.15) is 4.98 Å². The summed E-state index contributed by atoms with van der Waals surface area (Å²) in [5, 5.41) is 0. The Morgan fingerprint density at radius 1 is 1.06 bits per heavy atom. The first kappa shape index (κ1) is 20.0. The second kappa shape index (κ2) is 7.67. The second-order valence-electron chi connectivity index (χ2n) is 7.64. The van der Waals surface area contributed by atoms with E-state index in [9.17, 15) is 14.0 Å². The first-order valence-electron chi connectivity index (χ1n) is 10.4. The zero-order chi connectivity index (χ0) is 22.4. The molecule has 0 saturated heterocycles. The van der Waals surface area contributed by atoms with Gasteiger partial charge in [-0.15, -0.1) is 0 Å². The first-order valence-corrected chi connectivity index (χ1v) is 10.4. The van der Waals surface area contributed by atoms with Crippen LogP contribution in [0.3, 0.4) is 0 Å². The Kier molecular flexibility index (Phi) is 4.80. The zero-order valence-corrected chi connectivity index (χ0v) is 17.8. The summed E-state index contributed by atoms with van der Waals surface area (Å²) in [4.78, 5) is 32.9. The fraction of sp³-hybridized carbons (Fsp3) is 0.261. The van der Waals surface area contributed by atoms with Crippen molar-refractivity contribution in [3.8, 4) is 5.75 Å². The van der Waals surface area contributed by atoms with E-state index in [1.807, 2.05) is 40.7 Å². The molecule has 164 valence electrons. The Balaban J connectivity index is 1.62. The lowest BCUT2D eigenvalue weighted by molar-refractivity contribution is 0.340. The summed E-state index contributed by atoms with van der Waals surface area (Å²) in [6.07, 6.45) is 0. The molecule has 0 unspecified atom stereocenters. The third-order valence-corrected chi connectivity index (χ3v) is 5.75. The van der Waals surface area contributed by atoms with E-state index in [0.717, 1.165) is 16.0 Å². The minimum atomic E-state index is -0.532. The monoisotopic (exact) mass is 435 g/mol. The van der Waals surface area contributed by atoms with E-state index in [0.29, 0.717) is 36.8 Å². The minimum Gasteiger partial charge on any atom is -0.494 e. The van der Waals surface area contributed by atoms with Gasteiger partial charge in [0.2, 0.25) is 5.95 Å². The van der Waals surface area contributed by atoms with Gasteiger partial charge in [-0.05, 0) is 37.3 Å². The van der Waals surface area contributed by atoms with E-state index in [1.54, 1.807) is 25.2 Å². The molecule has 9 heteroatoms. The van der Waals surface area contributed by atoms with Gasteiger partial charge in [0.1, 0.15) is 11.6 Å². The number of ether oxygens (including phenoxy) is 1. The summed E-state index contributed by atoms with van der Waals surface area (Å²) in [5.41, 5.74) is 0.846. The first-order chi connectivity index (χ1) is 15.5. The fourth-order valence-corrected chi connectivity index (χ4v) is 4.15. The number of hydrogen-bond donors (Lipinski definition) is 0. The highest BCUT2D eigenvalue weighted by molar-refractivity contribution is 5.77. The van der Waals surface area contributed by atoms with Crippen LogP contribution >= 0.6 is 0 Å². The summed E-state index contributed by atoms with van der Waals surface area (Å²) in [6.45, 7) is 3.57. The number of nitrogens with zero attached hydrogens (tertiary/aromatic N) is 5. The molecule has 0 fully saturated rings. The predicted molar refractivity (Wildman–Crippen MR) is 119 cm³/mol. The number of aryl methyl sites for hydroxylation is 1. The highest BCUT2D eigenvalue weighted by Crippen LogP contribution is 2.32. The second-order valence-corrected chi connectivity index (χ2v) is 7.64. The molecule has 5 rings (SSSR count). The van der Waals surface area contributed by atoms with Crippen LogP contribution in [0.25, 0.3) is 11.2 Å². The molecule has 1 aliphatic heterocycles. The van der Waals surface area contributed by atoms with Crippen molar-refractivity contribution < 1.29 is 9.13 Å². The molecular weight excluding hydrogens is 413 g/mol. The Morgan fingerprint density at radius 3 is 2.53 bits per heavy atom. The molecule has 0 amide bonds. The van der Waals surface area contributed by atoms with Gasteiger partial charge in [-0.3, -0.25) is 13.9 Å². The average molecular weight is 435 g/mol. The summed E-state index contributed by atoms with van der Waals surface area (Å²) >= 11 is 0. The molecule has 3 heterocycles. The third-order valence-electron chi connectivity index (χ3n) is 5.75. The lowest BCUT2D eigenvalue weighted by Crippen LogP contribution is -2.40. The van der Waals surface area contributed by atoms with E-state index in [1.165, 1.54) is 10.6 Å². The highest BCUT2D eigenvalue weighted by atomic mass is 19.1. The van der Waals surface area contributed by atoms with Crippen molar-refractivity contribution in [2.75, 3.05) is 18.1 Å². The van der Waals surface area contributed by atoms with Gasteiger partial charge >= 0.3 is 5.69 Å². The van der Waals surface area contributed by atoms with Crippen LogP contribution in [0.2, 0.25) is 0 Å². The molecule has 32 heavy (non-hydrogen) atoms. The van der Waals surface area contributed by atoms with Crippen molar-refractivity contribution in [3.63, 3.8) is 0 Å². The third kappa shape index (κ3) is 3.08. The molecule has 4 aromatic rings. The van der Waals surface area contributed by atoms with E-state index < -0.39 is 17.1 Å². The summed E-state index contributed by atoms with van der Waals surface area (Å²) in [6, 6.07) is 13.8. The molecule has 2 aromatic carbocycles. The van der Waals surface area contributed by atoms with Crippen molar-refractivity contribution >= 4 is 22.8 Å². The lowest BCUT2D eigenvalue weighted by atomic mass is 10.2. The van der Waals surface area contributed by atoms with Gasteiger partial charge < -0.3 is 14.2 Å². The van der Waals surface area contributed by atoms with Gasteiger partial charge in [0.25, 0.3) is 5.56 Å². The number of rotatable bonds is 5. The highest BCUT2D eigenvalue weighted by Gasteiger charge is 2.28. The average Bonchev–Trinajstić information content (AvgIpc) is 3.37. The molecule has 0 aliphatic carbocycles. The van der Waals surface area contributed by atoms with Gasteiger partial charge in [0, 0.05) is 31.4 Å². The van der Waals surface area contributed by atoms with E-state index in [4.69, 9.17) is 4.74 Å². The molecule has 0 radical (unpaired) electrons. The van der Waals surface area contributed by atoms with Crippen molar-refractivity contribution in [2.45, 2.75) is 20.0 Å². The minimum absolute atomic E-state index is 0.142. The molecule has 1 aliphatic rings. The number of aromatic nitrogens is 4. The zero-order valence-electron chi connectivity index (χ0n) is 17.8. The number of hydrogen-bond acceptors (Lipinski definition) is 5. The predicted octanol–water partition coefficient (Wildman–Crippen LogP) is 2.63. The van der Waals surface area contributed by atoms with Crippen LogP contribution in [0.15, 0.2) is 58.1 Å². The fourth-order valence-electron chi connectivity index (χ4n) is 4.15. The number of fused-ring (bicyclic) bond motifs is 3. The molecule has 0 spiro atoms. The number of benzene rings is 2. The van der Waals surface area contributed by atoms with Crippen LogP contribution in [0.5, 0.6) is 5.75 Å². The normalized spacial score (nSPS) is 13.0. The van der Waals surface area contributed by atoms with Gasteiger partial charge in [0.15, 0.2) is 11.2 Å². The molecular formula is C23H22FN5O3. The van der Waals surface area contributed by atoms with Gasteiger partial charge in [-0.1, -0.05) is 18.2 Å². The molecule has 0 atom stereocenters. The van der Waals surface area contributed by atoms with Crippen LogP contribution in [-0.4, -0.2) is 31.8 Å². The maximum Gasteiger partial charge on any atom is 0.332 e. The maximum atomic E-state index is 14.2. The maximum absolute atomic E-state index is 14.2. The lowest BCUT2D eigenvalue weighted by Gasteiger charge is -2.16. The van der Waals surface area contributed by atoms with Crippen LogP contribution < -0.4 is 20.9 Å². The van der Waals surface area contributed by atoms with Crippen molar-refractivity contribution in [1.82, 2.24) is 18.7 Å². The number of halogens is 1. The van der Waals surface area contributed by atoms with E-state index in [2.05, 4.69) is 4.98 Å². The SMILES string of the molecule is CCOc1ccc(N2CCn3c2nc2c3c(=O)n(Cc3ccccc3F)c(=O)n2C)cc1. The van der Waals surface area contributed by atoms with Gasteiger partial charge in [0.05, 0.1) is 13.2 Å². The van der Waals surface area contributed by atoms with Crippen molar-refractivity contribution in [2.24, 2.45) is 7.05 Å². The largest absolute Gasteiger partial charge is 0.494 e. The summed E-state index contributed by atoms with van der Waals surface area (Å²) in [7, 11) is 1.58. The molecule has 0 saturated carbocycles. The molecule has 0 N–H and O–H groups in total. The van der Waals surface area contributed by atoms with Crippen LogP contribution in [0.4, 0.5) is 16.0 Å². The van der Waals surface area contributed by atoms with E-state index >= 15 is 0 Å². The molecule has 8 nitrogen and oxygen atoms in total. The van der Waals surface area contributed by atoms with Crippen molar-refractivity contribution in [1.29, 1.82) is 0 Å². The molecule has 2 aromatic heterocycles. The summed E-state index contributed by atoms with van der Waals surface area (Å²) in [5.74, 6) is 0.920. The van der Waals surface area contributed by atoms with Crippen LogP contribution in [0.1, 0.15) is 12.5 Å². The number of anilines is 2. The Bertz CT molecular complexity index is 1440. The van der Waals surface area contributed by atoms with Gasteiger partial charge in [-0.25, -0.2) is 9.18 Å². The Hall–Kier alpha value is -3.88. The van der Waals surface area contributed by atoms with Crippen LogP contribution in [0, 0.1) is 5.82 Å². The standard InChI is InChI=1S/C23H22FN5O3/c1-3-32-17-10-8-16(9-11-17)27-12-13-28-19-20(25-22(27)28)26(2)23(31)29(21(19)30)14-15-6-4-5-7-18(15)24/h4-11H,3,12-14H2,1-2H3. The topological polar surface area (TPSA) is 74.3 Å². The molecule has 0 bridgehead atoms. The van der Waals surface area contributed by atoms with Crippen molar-refractivity contribution in [3.05, 3.63) is 80.7 Å². The van der Waals surface area contributed by atoms with E-state index in [-0.39, 0.29) is 12.1 Å². The summed E-state index contributed by atoms with van der Waals surface area (Å²) < 4.78 is 23.9. The Morgan fingerprint density at radius 2 is 1.81 bits per heavy atom. The smallest absolute Gasteiger partial charge is 0.332 e. The quantitative estimate of drug-likeness (QED) is 0.482.